The van der Waals surface area contributed by atoms with Crippen LogP contribution in [0.3, 0.4) is 0 Å². The van der Waals surface area contributed by atoms with Crippen molar-refractivity contribution in [1.29, 1.82) is 0 Å². The Morgan fingerprint density at radius 1 is 1.56 bits per heavy atom. The normalized spacial score (nSPS) is 23.1. The topological polar surface area (TPSA) is 37.3 Å². The van der Waals surface area contributed by atoms with Crippen molar-refractivity contribution >= 4 is 17.6 Å². The molecular formula is C13H15ClO2. The van der Waals surface area contributed by atoms with Crippen molar-refractivity contribution in [3.05, 3.63) is 34.3 Å². The Kier molecular flexibility index (Phi) is 3.20. The van der Waals surface area contributed by atoms with Crippen molar-refractivity contribution in [1.82, 2.24) is 0 Å². The molecule has 1 aliphatic rings. The Morgan fingerprint density at radius 3 is 2.88 bits per heavy atom. The summed E-state index contributed by atoms with van der Waals surface area (Å²) in [6.45, 7) is 1.99. The summed E-state index contributed by atoms with van der Waals surface area (Å²) in [5.74, 6) is -0.348. The molecule has 1 fully saturated rings. The number of hydrogen-bond acceptors (Lipinski definition) is 1. The lowest BCUT2D eigenvalue weighted by atomic mass is 10.0. The summed E-state index contributed by atoms with van der Waals surface area (Å²) < 4.78 is 0. The van der Waals surface area contributed by atoms with E-state index in [4.69, 9.17) is 16.7 Å². The molecule has 2 nitrogen and oxygen atoms in total. The minimum atomic E-state index is -0.641. The van der Waals surface area contributed by atoms with E-state index in [-0.39, 0.29) is 5.92 Å². The van der Waals surface area contributed by atoms with Crippen molar-refractivity contribution in [3.8, 4) is 0 Å². The second-order valence-corrected chi connectivity index (χ2v) is 4.97. The Labute approximate surface area is 100 Å². The maximum Gasteiger partial charge on any atom is 0.306 e. The first kappa shape index (κ1) is 11.5. The van der Waals surface area contributed by atoms with E-state index in [1.807, 2.05) is 19.1 Å². The lowest BCUT2D eigenvalue weighted by Crippen LogP contribution is -2.00. The number of benzene rings is 1. The smallest absolute Gasteiger partial charge is 0.306 e. The molecule has 0 radical (unpaired) electrons. The zero-order valence-electron chi connectivity index (χ0n) is 9.24. The summed E-state index contributed by atoms with van der Waals surface area (Å²) in [6.07, 6.45) is 2.77. The first-order valence-electron chi connectivity index (χ1n) is 5.56. The average Bonchev–Trinajstić information content (AvgIpc) is 2.99. The minimum absolute atomic E-state index is 0.0894. The van der Waals surface area contributed by atoms with Crippen molar-refractivity contribution in [2.45, 2.75) is 26.2 Å². The zero-order valence-corrected chi connectivity index (χ0v) is 10.00. The Bertz CT molecular complexity index is 414. The molecule has 2 unspecified atom stereocenters. The number of rotatable bonds is 4. The second kappa shape index (κ2) is 4.46. The van der Waals surface area contributed by atoms with E-state index < -0.39 is 5.97 Å². The third kappa shape index (κ3) is 2.56. The molecule has 0 aliphatic heterocycles. The molecule has 0 bridgehead atoms. The number of carbonyl (C=O) groups is 1. The fraction of sp³-hybridized carbons (Fsp3) is 0.462. The summed E-state index contributed by atoms with van der Waals surface area (Å²) in [5, 5.41) is 9.57. The van der Waals surface area contributed by atoms with Crippen molar-refractivity contribution in [3.63, 3.8) is 0 Å². The van der Waals surface area contributed by atoms with Crippen LogP contribution < -0.4 is 0 Å². The molecule has 1 aliphatic carbocycles. The number of carboxylic acids is 1. The van der Waals surface area contributed by atoms with Crippen LogP contribution in [-0.2, 0) is 11.2 Å². The summed E-state index contributed by atoms with van der Waals surface area (Å²) in [4.78, 5) is 10.7. The van der Waals surface area contributed by atoms with Crippen LogP contribution in [0.25, 0.3) is 0 Å². The molecule has 0 spiro atoms. The van der Waals surface area contributed by atoms with E-state index in [9.17, 15) is 4.79 Å². The first-order chi connectivity index (χ1) is 7.58. The molecule has 0 heterocycles. The Balaban J connectivity index is 1.87. The monoisotopic (exact) mass is 238 g/mol. The zero-order chi connectivity index (χ0) is 11.7. The fourth-order valence-electron chi connectivity index (χ4n) is 2.08. The van der Waals surface area contributed by atoms with Gasteiger partial charge in [0.15, 0.2) is 0 Å². The highest BCUT2D eigenvalue weighted by atomic mass is 35.5. The predicted molar refractivity (Wildman–Crippen MR) is 63.7 cm³/mol. The SMILES string of the molecule is Cc1cc(CCC2CC2C(=O)O)ccc1Cl. The number of carboxylic acid groups (broad SMARTS) is 1. The van der Waals surface area contributed by atoms with Gasteiger partial charge in [-0.15, -0.1) is 0 Å². The molecule has 1 saturated carbocycles. The van der Waals surface area contributed by atoms with Gasteiger partial charge >= 0.3 is 5.97 Å². The van der Waals surface area contributed by atoms with E-state index in [0.717, 1.165) is 29.8 Å². The highest BCUT2D eigenvalue weighted by Gasteiger charge is 2.42. The highest BCUT2D eigenvalue weighted by molar-refractivity contribution is 6.31. The molecule has 2 atom stereocenters. The van der Waals surface area contributed by atoms with Gasteiger partial charge in [-0.25, -0.2) is 0 Å². The van der Waals surface area contributed by atoms with Crippen LogP contribution in [0.5, 0.6) is 0 Å². The van der Waals surface area contributed by atoms with Crippen molar-refractivity contribution in [2.75, 3.05) is 0 Å². The molecule has 2 rings (SSSR count). The minimum Gasteiger partial charge on any atom is -0.481 e. The van der Waals surface area contributed by atoms with Crippen LogP contribution >= 0.6 is 11.6 Å². The van der Waals surface area contributed by atoms with Crippen LogP contribution in [0.1, 0.15) is 24.0 Å². The number of halogens is 1. The van der Waals surface area contributed by atoms with Crippen LogP contribution in [-0.4, -0.2) is 11.1 Å². The third-order valence-electron chi connectivity index (χ3n) is 3.27. The van der Waals surface area contributed by atoms with Gasteiger partial charge in [0.25, 0.3) is 0 Å². The van der Waals surface area contributed by atoms with Gasteiger partial charge in [0, 0.05) is 5.02 Å². The lowest BCUT2D eigenvalue weighted by Gasteiger charge is -2.03. The van der Waals surface area contributed by atoms with Gasteiger partial charge in [0.05, 0.1) is 5.92 Å². The largest absolute Gasteiger partial charge is 0.481 e. The van der Waals surface area contributed by atoms with Crippen molar-refractivity contribution in [2.24, 2.45) is 11.8 Å². The van der Waals surface area contributed by atoms with Gasteiger partial charge in [0.1, 0.15) is 0 Å². The standard InChI is InChI=1S/C13H15ClO2/c1-8-6-9(3-5-12(8)14)2-4-10-7-11(10)13(15)16/h3,5-6,10-11H,2,4,7H2,1H3,(H,15,16). The number of hydrogen-bond donors (Lipinski definition) is 1. The quantitative estimate of drug-likeness (QED) is 0.874. The molecule has 86 valence electrons. The number of aryl methyl sites for hydroxylation is 2. The van der Waals surface area contributed by atoms with Crippen LogP contribution in [0.4, 0.5) is 0 Å². The fourth-order valence-corrected chi connectivity index (χ4v) is 2.20. The Morgan fingerprint density at radius 2 is 2.31 bits per heavy atom. The van der Waals surface area contributed by atoms with Crippen LogP contribution in [0.2, 0.25) is 5.02 Å². The first-order valence-corrected chi connectivity index (χ1v) is 5.93. The van der Waals surface area contributed by atoms with E-state index in [1.165, 1.54) is 5.56 Å². The predicted octanol–water partition coefficient (Wildman–Crippen LogP) is 3.30. The maximum atomic E-state index is 10.7. The molecule has 0 amide bonds. The Hall–Kier alpha value is -1.02. The van der Waals surface area contributed by atoms with Gasteiger partial charge in [-0.05, 0) is 49.3 Å². The van der Waals surface area contributed by atoms with Crippen LogP contribution in [0, 0.1) is 18.8 Å². The van der Waals surface area contributed by atoms with E-state index >= 15 is 0 Å². The third-order valence-corrected chi connectivity index (χ3v) is 3.69. The van der Waals surface area contributed by atoms with E-state index in [0.29, 0.717) is 5.92 Å². The lowest BCUT2D eigenvalue weighted by molar-refractivity contribution is -0.138. The van der Waals surface area contributed by atoms with Crippen LogP contribution in [0.15, 0.2) is 18.2 Å². The van der Waals surface area contributed by atoms with Gasteiger partial charge in [-0.2, -0.15) is 0 Å². The molecule has 3 heteroatoms. The van der Waals surface area contributed by atoms with Gasteiger partial charge < -0.3 is 5.11 Å². The van der Waals surface area contributed by atoms with Gasteiger partial charge in [0.2, 0.25) is 0 Å². The van der Waals surface area contributed by atoms with Crippen molar-refractivity contribution < 1.29 is 9.90 Å². The molecule has 1 aromatic rings. The molecule has 0 saturated heterocycles. The second-order valence-electron chi connectivity index (χ2n) is 4.56. The van der Waals surface area contributed by atoms with E-state index in [1.54, 1.807) is 0 Å². The average molecular weight is 239 g/mol. The summed E-state index contributed by atoms with van der Waals surface area (Å²) in [5.41, 5.74) is 2.34. The summed E-state index contributed by atoms with van der Waals surface area (Å²) in [7, 11) is 0. The molecule has 16 heavy (non-hydrogen) atoms. The van der Waals surface area contributed by atoms with Gasteiger partial charge in [-0.3, -0.25) is 4.79 Å². The summed E-state index contributed by atoms with van der Waals surface area (Å²) >= 11 is 5.94. The van der Waals surface area contributed by atoms with E-state index in [2.05, 4.69) is 6.07 Å². The molecule has 1 N–H and O–H groups in total. The van der Waals surface area contributed by atoms with Gasteiger partial charge in [-0.1, -0.05) is 23.7 Å². The molecular weight excluding hydrogens is 224 g/mol. The molecule has 0 aromatic heterocycles. The maximum absolute atomic E-state index is 10.7. The number of aliphatic carboxylic acids is 1. The molecule has 1 aromatic carbocycles. The highest BCUT2D eigenvalue weighted by Crippen LogP contribution is 2.42. The summed E-state index contributed by atoms with van der Waals surface area (Å²) in [6, 6.07) is 6.02.